The molecule has 1 N–H and O–H groups in total. The fourth-order valence-corrected chi connectivity index (χ4v) is 2.36. The highest BCUT2D eigenvalue weighted by Crippen LogP contribution is 2.15. The fraction of sp³-hybridized carbons (Fsp3) is 0.200. The molecule has 0 spiro atoms. The molecule has 0 saturated carbocycles. The van der Waals surface area contributed by atoms with Gasteiger partial charge in [0.1, 0.15) is 5.75 Å². The van der Waals surface area contributed by atoms with E-state index in [2.05, 4.69) is 10.3 Å². The maximum atomic E-state index is 11.6. The number of pyridine rings is 1. The molecule has 1 heterocycles. The van der Waals surface area contributed by atoms with E-state index < -0.39 is 0 Å². The summed E-state index contributed by atoms with van der Waals surface area (Å²) in [5.74, 6) is 1.24. The van der Waals surface area contributed by atoms with Gasteiger partial charge < -0.3 is 10.1 Å². The van der Waals surface area contributed by atoms with Crippen molar-refractivity contribution < 1.29 is 9.53 Å². The molecule has 21 heavy (non-hydrogen) atoms. The van der Waals surface area contributed by atoms with E-state index in [9.17, 15) is 4.79 Å². The molecule has 0 aliphatic heterocycles. The summed E-state index contributed by atoms with van der Waals surface area (Å²) in [6.45, 7) is 0.569. The largest absolute Gasteiger partial charge is 0.484 e. The zero-order valence-electron chi connectivity index (χ0n) is 11.3. The Morgan fingerprint density at radius 3 is 2.76 bits per heavy atom. The van der Waals surface area contributed by atoms with Crippen LogP contribution in [-0.4, -0.2) is 29.8 Å². The molecule has 2 aromatic rings. The van der Waals surface area contributed by atoms with E-state index in [0.717, 1.165) is 10.8 Å². The molecule has 1 amide bonds. The second-order valence-corrected chi connectivity index (χ2v) is 5.66. The van der Waals surface area contributed by atoms with Crippen molar-refractivity contribution in [2.24, 2.45) is 0 Å². The Labute approximate surface area is 132 Å². The van der Waals surface area contributed by atoms with Gasteiger partial charge in [-0.3, -0.25) is 4.79 Å². The third kappa shape index (κ3) is 6.06. The van der Waals surface area contributed by atoms with Gasteiger partial charge in [-0.05, 0) is 36.4 Å². The number of nitrogens with one attached hydrogen (secondary N) is 1. The second kappa shape index (κ2) is 8.54. The van der Waals surface area contributed by atoms with E-state index in [1.807, 2.05) is 18.2 Å². The lowest BCUT2D eigenvalue weighted by molar-refractivity contribution is -0.122. The summed E-state index contributed by atoms with van der Waals surface area (Å²) in [5, 5.41) is 4.38. The number of hydrogen-bond acceptors (Lipinski definition) is 4. The van der Waals surface area contributed by atoms with Crippen molar-refractivity contribution in [1.82, 2.24) is 10.3 Å². The minimum atomic E-state index is -0.147. The van der Waals surface area contributed by atoms with Gasteiger partial charge in [-0.1, -0.05) is 17.7 Å². The zero-order valence-corrected chi connectivity index (χ0v) is 12.9. The maximum absolute atomic E-state index is 11.6. The Hall–Kier alpha value is -1.72. The van der Waals surface area contributed by atoms with Crippen molar-refractivity contribution in [3.63, 3.8) is 0 Å². The number of amides is 1. The summed E-state index contributed by atoms with van der Waals surface area (Å²) >= 11 is 7.36. The van der Waals surface area contributed by atoms with Crippen molar-refractivity contribution in [2.45, 2.75) is 5.03 Å². The highest BCUT2D eigenvalue weighted by Gasteiger charge is 2.02. The Morgan fingerprint density at radius 1 is 1.24 bits per heavy atom. The van der Waals surface area contributed by atoms with E-state index in [1.54, 1.807) is 42.2 Å². The van der Waals surface area contributed by atoms with E-state index in [-0.39, 0.29) is 12.5 Å². The molecular formula is C15H15ClN2O2S. The van der Waals surface area contributed by atoms with E-state index >= 15 is 0 Å². The first-order valence-corrected chi connectivity index (χ1v) is 7.79. The summed E-state index contributed by atoms with van der Waals surface area (Å²) < 4.78 is 5.35. The average molecular weight is 323 g/mol. The number of rotatable bonds is 7. The number of carbonyl (C=O) groups is 1. The van der Waals surface area contributed by atoms with Gasteiger partial charge >= 0.3 is 0 Å². The first-order valence-electron chi connectivity index (χ1n) is 6.43. The van der Waals surface area contributed by atoms with E-state index in [0.29, 0.717) is 17.3 Å². The third-order valence-corrected chi connectivity index (χ3v) is 3.69. The molecule has 0 bridgehead atoms. The Bertz CT molecular complexity index is 564. The topological polar surface area (TPSA) is 51.2 Å². The number of halogens is 1. The average Bonchev–Trinajstić information content (AvgIpc) is 2.52. The van der Waals surface area contributed by atoms with Crippen molar-refractivity contribution in [1.29, 1.82) is 0 Å². The van der Waals surface area contributed by atoms with Gasteiger partial charge in [0, 0.05) is 23.5 Å². The van der Waals surface area contributed by atoms with E-state index in [4.69, 9.17) is 16.3 Å². The number of ether oxygens (including phenoxy) is 1. The van der Waals surface area contributed by atoms with Crippen molar-refractivity contribution in [3.05, 3.63) is 53.7 Å². The van der Waals surface area contributed by atoms with Gasteiger partial charge in [0.25, 0.3) is 5.91 Å². The normalized spacial score (nSPS) is 10.1. The molecule has 0 fully saturated rings. The standard InChI is InChI=1S/C15H15ClN2O2S/c16-12-4-6-13(7-5-12)20-11-14(19)17-9-10-21-15-3-1-2-8-18-15/h1-8H,9-11H2,(H,17,19). The van der Waals surface area contributed by atoms with Gasteiger partial charge in [-0.15, -0.1) is 11.8 Å². The van der Waals surface area contributed by atoms with Crippen LogP contribution in [0, 0.1) is 0 Å². The third-order valence-electron chi connectivity index (χ3n) is 2.50. The Kier molecular flexibility index (Phi) is 6.37. The van der Waals surface area contributed by atoms with Crippen LogP contribution in [0.1, 0.15) is 0 Å². The summed E-state index contributed by atoms with van der Waals surface area (Å²) in [7, 11) is 0. The molecule has 0 aliphatic rings. The summed E-state index contributed by atoms with van der Waals surface area (Å²) in [6.07, 6.45) is 1.75. The van der Waals surface area contributed by atoms with Crippen LogP contribution in [0.2, 0.25) is 5.02 Å². The molecule has 0 aliphatic carbocycles. The molecule has 6 heteroatoms. The molecule has 0 atom stereocenters. The van der Waals surface area contributed by atoms with Crippen molar-refractivity contribution in [3.8, 4) is 5.75 Å². The minimum absolute atomic E-state index is 0.00408. The number of thioether (sulfide) groups is 1. The van der Waals surface area contributed by atoms with Crippen LogP contribution >= 0.6 is 23.4 Å². The zero-order chi connectivity index (χ0) is 14.9. The molecule has 0 unspecified atom stereocenters. The summed E-state index contributed by atoms with van der Waals surface area (Å²) in [4.78, 5) is 15.8. The lowest BCUT2D eigenvalue weighted by Crippen LogP contribution is -2.30. The number of nitrogens with zero attached hydrogens (tertiary/aromatic N) is 1. The van der Waals surface area contributed by atoms with Crippen LogP contribution in [0.25, 0.3) is 0 Å². The smallest absolute Gasteiger partial charge is 0.257 e. The number of hydrogen-bond donors (Lipinski definition) is 1. The molecule has 1 aromatic carbocycles. The second-order valence-electron chi connectivity index (χ2n) is 4.11. The Morgan fingerprint density at radius 2 is 2.05 bits per heavy atom. The molecule has 1 aromatic heterocycles. The first-order chi connectivity index (χ1) is 10.2. The monoisotopic (exact) mass is 322 g/mol. The van der Waals surface area contributed by atoms with Crippen LogP contribution in [0.5, 0.6) is 5.75 Å². The highest BCUT2D eigenvalue weighted by atomic mass is 35.5. The quantitative estimate of drug-likeness (QED) is 0.629. The summed E-state index contributed by atoms with van der Waals surface area (Å²) in [6, 6.07) is 12.7. The predicted octanol–water partition coefficient (Wildman–Crippen LogP) is 3.02. The predicted molar refractivity (Wildman–Crippen MR) is 84.9 cm³/mol. The fourth-order valence-electron chi connectivity index (χ4n) is 1.51. The van der Waals surface area contributed by atoms with Crippen LogP contribution in [0.3, 0.4) is 0 Å². The van der Waals surface area contributed by atoms with Gasteiger partial charge in [-0.2, -0.15) is 0 Å². The van der Waals surface area contributed by atoms with Crippen molar-refractivity contribution >= 4 is 29.3 Å². The number of benzene rings is 1. The van der Waals surface area contributed by atoms with Gasteiger partial charge in [-0.25, -0.2) is 4.98 Å². The Balaban J connectivity index is 1.60. The molecule has 2 rings (SSSR count). The molecule has 0 saturated heterocycles. The lowest BCUT2D eigenvalue weighted by Gasteiger charge is -2.07. The van der Waals surface area contributed by atoms with Crippen molar-refractivity contribution in [2.75, 3.05) is 18.9 Å². The van der Waals surface area contributed by atoms with Crippen LogP contribution in [0.4, 0.5) is 0 Å². The van der Waals surface area contributed by atoms with Crippen LogP contribution in [-0.2, 0) is 4.79 Å². The number of aromatic nitrogens is 1. The van der Waals surface area contributed by atoms with Gasteiger partial charge in [0.15, 0.2) is 6.61 Å². The van der Waals surface area contributed by atoms with Gasteiger partial charge in [0.2, 0.25) is 0 Å². The lowest BCUT2D eigenvalue weighted by atomic mass is 10.3. The molecule has 4 nitrogen and oxygen atoms in total. The highest BCUT2D eigenvalue weighted by molar-refractivity contribution is 7.99. The van der Waals surface area contributed by atoms with Crippen LogP contribution < -0.4 is 10.1 Å². The molecular weight excluding hydrogens is 308 g/mol. The van der Waals surface area contributed by atoms with Crippen LogP contribution in [0.15, 0.2) is 53.7 Å². The maximum Gasteiger partial charge on any atom is 0.257 e. The first kappa shape index (κ1) is 15.7. The van der Waals surface area contributed by atoms with E-state index in [1.165, 1.54) is 0 Å². The molecule has 110 valence electrons. The minimum Gasteiger partial charge on any atom is -0.484 e. The van der Waals surface area contributed by atoms with Gasteiger partial charge in [0.05, 0.1) is 5.03 Å². The SMILES string of the molecule is O=C(COc1ccc(Cl)cc1)NCCSc1ccccn1. The molecule has 0 radical (unpaired) electrons. The number of carbonyl (C=O) groups excluding carboxylic acids is 1. The summed E-state index contributed by atoms with van der Waals surface area (Å²) in [5.41, 5.74) is 0.